The first-order valence-corrected chi connectivity index (χ1v) is 12.2. The predicted octanol–water partition coefficient (Wildman–Crippen LogP) is 5.02. The molecule has 0 spiro atoms. The number of ether oxygens (including phenoxy) is 2. The van der Waals surface area contributed by atoms with Crippen molar-refractivity contribution in [1.82, 2.24) is 9.80 Å². The molecule has 6 nitrogen and oxygen atoms in total. The number of nitrogens with zero attached hydrogens (tertiary/aromatic N) is 3. The molecule has 0 aliphatic carbocycles. The van der Waals surface area contributed by atoms with Gasteiger partial charge in [0.2, 0.25) is 0 Å². The molecule has 1 amide bonds. The van der Waals surface area contributed by atoms with E-state index in [1.165, 1.54) is 5.56 Å². The van der Waals surface area contributed by atoms with E-state index in [1.54, 1.807) is 14.2 Å². The van der Waals surface area contributed by atoms with Crippen LogP contribution in [0, 0.1) is 0 Å². The van der Waals surface area contributed by atoms with Crippen molar-refractivity contribution in [3.63, 3.8) is 0 Å². The van der Waals surface area contributed by atoms with Gasteiger partial charge >= 0.3 is 0 Å². The highest BCUT2D eigenvalue weighted by Crippen LogP contribution is 2.42. The molecule has 7 heteroatoms. The average Bonchev–Trinajstić information content (AvgIpc) is 2.82. The van der Waals surface area contributed by atoms with Crippen molar-refractivity contribution in [2.45, 2.75) is 58.2 Å². The first kappa shape index (κ1) is 27.0. The molecule has 2 aliphatic heterocycles. The fourth-order valence-corrected chi connectivity index (χ4v) is 5.42. The summed E-state index contributed by atoms with van der Waals surface area (Å²) in [4.78, 5) is 22.7. The molecule has 2 heterocycles. The van der Waals surface area contributed by atoms with Crippen LogP contribution < -0.4 is 9.47 Å². The smallest absolute Gasteiger partial charge is 0.254 e. The van der Waals surface area contributed by atoms with Crippen molar-refractivity contribution < 1.29 is 14.3 Å². The van der Waals surface area contributed by atoms with Crippen LogP contribution >= 0.6 is 12.4 Å². The molecule has 0 radical (unpaired) electrons. The number of hydrogen-bond acceptors (Lipinski definition) is 5. The highest BCUT2D eigenvalue weighted by atomic mass is 35.5. The maximum Gasteiger partial charge on any atom is 0.254 e. The van der Waals surface area contributed by atoms with E-state index < -0.39 is 0 Å². The Morgan fingerprint density at radius 1 is 1.03 bits per heavy atom. The van der Waals surface area contributed by atoms with E-state index in [2.05, 4.69) is 51.8 Å². The van der Waals surface area contributed by atoms with Crippen molar-refractivity contribution in [1.29, 1.82) is 0 Å². The molecule has 2 aromatic rings. The molecule has 2 aliphatic rings. The first-order chi connectivity index (χ1) is 16.2. The molecule has 0 aromatic heterocycles. The van der Waals surface area contributed by atoms with Gasteiger partial charge in [-0.1, -0.05) is 12.1 Å². The monoisotopic (exact) mass is 499 g/mol. The highest BCUT2D eigenvalue weighted by molar-refractivity contribution is 6.15. The van der Waals surface area contributed by atoms with E-state index in [9.17, 15) is 4.79 Å². The predicted molar refractivity (Wildman–Crippen MR) is 144 cm³/mol. The molecule has 35 heavy (non-hydrogen) atoms. The zero-order valence-electron chi connectivity index (χ0n) is 21.9. The van der Waals surface area contributed by atoms with Crippen LogP contribution in [-0.4, -0.2) is 73.9 Å². The number of likely N-dealkylation sites (N-methyl/N-ethyl adjacent to an activating group) is 1. The van der Waals surface area contributed by atoms with E-state index in [0.717, 1.165) is 42.1 Å². The molecule has 2 aromatic carbocycles. The Labute approximate surface area is 215 Å². The summed E-state index contributed by atoms with van der Waals surface area (Å²) < 4.78 is 11.3. The van der Waals surface area contributed by atoms with E-state index in [4.69, 9.17) is 14.5 Å². The van der Waals surface area contributed by atoms with Gasteiger partial charge in [0.05, 0.1) is 26.0 Å². The number of carbonyl (C=O) groups excluding carboxylic acids is 1. The molecule has 0 N–H and O–H groups in total. The van der Waals surface area contributed by atoms with Crippen molar-refractivity contribution in [2.24, 2.45) is 4.99 Å². The van der Waals surface area contributed by atoms with Gasteiger partial charge in [-0.25, -0.2) is 0 Å². The fraction of sp³-hybridized carbons (Fsp3) is 0.500. The van der Waals surface area contributed by atoms with E-state index in [0.29, 0.717) is 17.2 Å². The van der Waals surface area contributed by atoms with Crippen LogP contribution in [0.1, 0.15) is 67.1 Å². The Morgan fingerprint density at radius 3 is 2.20 bits per heavy atom. The second-order valence-electron chi connectivity index (χ2n) is 9.97. The van der Waals surface area contributed by atoms with Crippen LogP contribution in [-0.2, 0) is 0 Å². The Kier molecular flexibility index (Phi) is 8.50. The van der Waals surface area contributed by atoms with E-state index in [1.807, 2.05) is 29.2 Å². The molecular formula is C28H38ClN3O3. The number of carbonyl (C=O) groups is 1. The molecule has 2 atom stereocenters. The Morgan fingerprint density at radius 2 is 1.63 bits per heavy atom. The summed E-state index contributed by atoms with van der Waals surface area (Å²) in [7, 11) is 5.51. The maximum absolute atomic E-state index is 13.1. The van der Waals surface area contributed by atoms with E-state index in [-0.39, 0.29) is 36.4 Å². The van der Waals surface area contributed by atoms with Crippen LogP contribution in [0.4, 0.5) is 0 Å². The number of fused-ring (bicyclic) bond motifs is 3. The summed E-state index contributed by atoms with van der Waals surface area (Å²) in [6, 6.07) is 12.6. The third kappa shape index (κ3) is 5.19. The van der Waals surface area contributed by atoms with Gasteiger partial charge in [-0.3, -0.25) is 9.79 Å². The third-order valence-electron chi connectivity index (χ3n) is 7.04. The number of rotatable bonds is 6. The maximum atomic E-state index is 13.1. The minimum Gasteiger partial charge on any atom is -0.493 e. The molecule has 0 saturated carbocycles. The fourth-order valence-electron chi connectivity index (χ4n) is 5.42. The number of aliphatic imine (C=N–C) groups is 1. The minimum absolute atomic E-state index is 0. The van der Waals surface area contributed by atoms with Crippen molar-refractivity contribution in [3.05, 3.63) is 58.7 Å². The van der Waals surface area contributed by atoms with Crippen molar-refractivity contribution in [3.8, 4) is 11.5 Å². The lowest BCUT2D eigenvalue weighted by Crippen LogP contribution is -2.42. The van der Waals surface area contributed by atoms with Crippen LogP contribution in [0.5, 0.6) is 11.5 Å². The zero-order valence-corrected chi connectivity index (χ0v) is 22.7. The summed E-state index contributed by atoms with van der Waals surface area (Å²) >= 11 is 0. The van der Waals surface area contributed by atoms with Gasteiger partial charge in [-0.15, -0.1) is 12.4 Å². The summed E-state index contributed by atoms with van der Waals surface area (Å²) in [6.07, 6.45) is 1.02. The largest absolute Gasteiger partial charge is 0.493 e. The quantitative estimate of drug-likeness (QED) is 0.559. The van der Waals surface area contributed by atoms with Crippen molar-refractivity contribution >= 4 is 24.0 Å². The molecule has 0 bridgehead atoms. The van der Waals surface area contributed by atoms with Crippen LogP contribution in [0.15, 0.2) is 41.4 Å². The number of amides is 1. The molecule has 190 valence electrons. The highest BCUT2D eigenvalue weighted by Gasteiger charge is 2.36. The molecule has 1 saturated heterocycles. The first-order valence-electron chi connectivity index (χ1n) is 12.2. The topological polar surface area (TPSA) is 54.4 Å². The lowest BCUT2D eigenvalue weighted by atomic mass is 9.79. The van der Waals surface area contributed by atoms with Gasteiger partial charge in [-0.05, 0) is 77.5 Å². The Balaban J connectivity index is 0.00000342. The zero-order chi connectivity index (χ0) is 24.6. The standard InChI is InChI=1S/C28H37N3O3.ClH/c1-17(2)31(18(3)4)28(32)20-10-8-19(9-11-20)27-22-15-26(34-7)25(33-6)14-21(22)23-16-30(5)13-12-24(23)29-27;/h8-11,14-15,17-18,23-24H,12-13,16H2,1-7H3;1H. The number of piperidine rings is 1. The van der Waals surface area contributed by atoms with Crippen molar-refractivity contribution in [2.75, 3.05) is 34.4 Å². The number of methoxy groups -OCH3 is 2. The average molecular weight is 500 g/mol. The summed E-state index contributed by atoms with van der Waals surface area (Å²) in [6.45, 7) is 10.2. The SMILES string of the molecule is COc1cc2c(cc1OC)C1CN(C)CCC1N=C2c1ccc(C(=O)N(C(C)C)C(C)C)cc1.Cl. The second-order valence-corrected chi connectivity index (χ2v) is 9.97. The van der Waals surface area contributed by atoms with Gasteiger partial charge in [0, 0.05) is 41.2 Å². The van der Waals surface area contributed by atoms with E-state index >= 15 is 0 Å². The van der Waals surface area contributed by atoms with Gasteiger partial charge in [0.25, 0.3) is 5.91 Å². The van der Waals surface area contributed by atoms with Crippen LogP contribution in [0.25, 0.3) is 0 Å². The minimum atomic E-state index is 0. The number of halogens is 1. The Hall–Kier alpha value is -2.57. The lowest BCUT2D eigenvalue weighted by molar-refractivity contribution is 0.0643. The normalized spacial score (nSPS) is 19.4. The summed E-state index contributed by atoms with van der Waals surface area (Å²) in [5.74, 6) is 1.83. The number of hydrogen-bond donors (Lipinski definition) is 0. The number of likely N-dealkylation sites (tertiary alicyclic amines) is 1. The second kappa shape index (κ2) is 11.0. The molecule has 2 unspecified atom stereocenters. The lowest BCUT2D eigenvalue weighted by Gasteiger charge is -2.39. The summed E-state index contributed by atoms with van der Waals surface area (Å²) in [5, 5.41) is 0. The Bertz CT molecular complexity index is 1070. The molecular weight excluding hydrogens is 462 g/mol. The van der Waals surface area contributed by atoms with Crippen LogP contribution in [0.2, 0.25) is 0 Å². The summed E-state index contributed by atoms with van der Waals surface area (Å²) in [5.41, 5.74) is 5.02. The van der Waals surface area contributed by atoms with Gasteiger partial charge in [-0.2, -0.15) is 0 Å². The van der Waals surface area contributed by atoms with Crippen LogP contribution in [0.3, 0.4) is 0 Å². The van der Waals surface area contributed by atoms with Gasteiger partial charge in [0.15, 0.2) is 11.5 Å². The molecule has 4 rings (SSSR count). The van der Waals surface area contributed by atoms with Gasteiger partial charge < -0.3 is 19.3 Å². The third-order valence-corrected chi connectivity index (χ3v) is 7.04. The van der Waals surface area contributed by atoms with Gasteiger partial charge in [0.1, 0.15) is 0 Å². The number of benzene rings is 2. The molecule has 1 fully saturated rings.